The molecular formula is C19H24N4O5S3. The van der Waals surface area contributed by atoms with Crippen LogP contribution in [0, 0.1) is 6.92 Å². The predicted octanol–water partition coefficient (Wildman–Crippen LogP) is 2.93. The summed E-state index contributed by atoms with van der Waals surface area (Å²) in [5.41, 5.74) is 0.816. The zero-order chi connectivity index (χ0) is 22.4. The zero-order valence-electron chi connectivity index (χ0n) is 17.3. The average molecular weight is 485 g/mol. The Hall–Kier alpha value is -2.02. The summed E-state index contributed by atoms with van der Waals surface area (Å²) in [6.45, 7) is 2.71. The second-order valence-electron chi connectivity index (χ2n) is 6.99. The Morgan fingerprint density at radius 3 is 2.58 bits per heavy atom. The van der Waals surface area contributed by atoms with E-state index in [0.29, 0.717) is 23.0 Å². The number of benzene rings is 1. The van der Waals surface area contributed by atoms with Gasteiger partial charge < -0.3 is 4.74 Å². The number of nitrogens with one attached hydrogen (secondary N) is 1. The predicted molar refractivity (Wildman–Crippen MR) is 119 cm³/mol. The van der Waals surface area contributed by atoms with Crippen LogP contribution in [0.15, 0.2) is 27.4 Å². The summed E-state index contributed by atoms with van der Waals surface area (Å²) in [6, 6.07) is 4.64. The van der Waals surface area contributed by atoms with Crippen molar-refractivity contribution in [1.29, 1.82) is 0 Å². The number of hydrogen-bond donors (Lipinski definition) is 1. The van der Waals surface area contributed by atoms with E-state index in [2.05, 4.69) is 20.3 Å². The minimum atomic E-state index is -3.68. The Bertz CT molecular complexity index is 1050. The van der Waals surface area contributed by atoms with Gasteiger partial charge in [0.05, 0.1) is 17.8 Å². The number of hydrogen-bond acceptors (Lipinski definition) is 9. The normalized spacial score (nSPS) is 15.3. The standard InChI is InChI=1S/C19H24N4O5S3/c1-13-7-8-14(11-15(13)31(26,27)23-9-5-3-4-6-10-23)17(25)20-18-21-22-19(30-18)29-12-16(24)28-2/h7-8,11H,3-6,9-10,12H2,1-2H3,(H,20,21,25). The summed E-state index contributed by atoms with van der Waals surface area (Å²) in [6.07, 6.45) is 3.72. The van der Waals surface area contributed by atoms with Gasteiger partial charge in [0.25, 0.3) is 5.91 Å². The molecule has 12 heteroatoms. The molecule has 0 saturated carbocycles. The van der Waals surface area contributed by atoms with E-state index >= 15 is 0 Å². The molecule has 0 bridgehead atoms. The lowest BCUT2D eigenvalue weighted by atomic mass is 10.1. The van der Waals surface area contributed by atoms with E-state index < -0.39 is 15.9 Å². The minimum absolute atomic E-state index is 0.0920. The molecule has 0 atom stereocenters. The fraction of sp³-hybridized carbons (Fsp3) is 0.474. The molecule has 1 saturated heterocycles. The van der Waals surface area contributed by atoms with Crippen LogP contribution >= 0.6 is 23.1 Å². The molecule has 0 aliphatic carbocycles. The molecule has 9 nitrogen and oxygen atoms in total. The number of amides is 1. The monoisotopic (exact) mass is 484 g/mol. The molecule has 0 unspecified atom stereocenters. The second kappa shape index (κ2) is 10.5. The molecule has 1 fully saturated rings. The number of sulfonamides is 1. The molecule has 3 rings (SSSR count). The van der Waals surface area contributed by atoms with Crippen molar-refractivity contribution in [3.63, 3.8) is 0 Å². The van der Waals surface area contributed by atoms with E-state index in [9.17, 15) is 18.0 Å². The van der Waals surface area contributed by atoms with Crippen LogP contribution in [0.2, 0.25) is 0 Å². The van der Waals surface area contributed by atoms with Crippen LogP contribution in [0.5, 0.6) is 0 Å². The number of nitrogens with zero attached hydrogens (tertiary/aromatic N) is 3. The lowest BCUT2D eigenvalue weighted by Gasteiger charge is -2.21. The Morgan fingerprint density at radius 1 is 1.19 bits per heavy atom. The molecule has 1 aromatic carbocycles. The van der Waals surface area contributed by atoms with Crippen molar-refractivity contribution in [3.8, 4) is 0 Å². The highest BCUT2D eigenvalue weighted by molar-refractivity contribution is 8.01. The summed E-state index contributed by atoms with van der Waals surface area (Å²) in [7, 11) is -2.37. The molecule has 168 valence electrons. The fourth-order valence-corrected chi connectivity index (χ4v) is 6.46. The molecular weight excluding hydrogens is 460 g/mol. The highest BCUT2D eigenvalue weighted by Crippen LogP contribution is 2.27. The quantitative estimate of drug-likeness (QED) is 0.362. The lowest BCUT2D eigenvalue weighted by Crippen LogP contribution is -2.32. The van der Waals surface area contributed by atoms with Gasteiger partial charge in [0, 0.05) is 18.7 Å². The molecule has 1 aromatic heterocycles. The van der Waals surface area contributed by atoms with E-state index in [-0.39, 0.29) is 27.3 Å². The van der Waals surface area contributed by atoms with Crippen molar-refractivity contribution in [2.24, 2.45) is 0 Å². The zero-order valence-corrected chi connectivity index (χ0v) is 19.7. The van der Waals surface area contributed by atoms with Crippen molar-refractivity contribution < 1.29 is 22.7 Å². The molecule has 1 aliphatic rings. The largest absolute Gasteiger partial charge is 0.468 e. The van der Waals surface area contributed by atoms with Gasteiger partial charge in [0.1, 0.15) is 0 Å². The maximum Gasteiger partial charge on any atom is 0.316 e. The van der Waals surface area contributed by atoms with Gasteiger partial charge in [0.2, 0.25) is 15.2 Å². The van der Waals surface area contributed by atoms with Gasteiger partial charge in [-0.05, 0) is 37.5 Å². The molecule has 2 aromatic rings. The van der Waals surface area contributed by atoms with Gasteiger partial charge in [-0.15, -0.1) is 10.2 Å². The summed E-state index contributed by atoms with van der Waals surface area (Å²) < 4.78 is 33.0. The van der Waals surface area contributed by atoms with E-state index in [1.165, 1.54) is 17.5 Å². The first-order valence-corrected chi connectivity index (χ1v) is 13.0. The average Bonchev–Trinajstić information content (AvgIpc) is 3.01. The molecule has 1 N–H and O–H groups in total. The van der Waals surface area contributed by atoms with Crippen LogP contribution in [0.4, 0.5) is 5.13 Å². The van der Waals surface area contributed by atoms with Crippen molar-refractivity contribution in [2.45, 2.75) is 41.8 Å². The number of rotatable bonds is 7. The fourth-order valence-electron chi connectivity index (χ4n) is 3.11. The van der Waals surface area contributed by atoms with E-state index in [0.717, 1.165) is 48.8 Å². The first-order chi connectivity index (χ1) is 14.8. The molecule has 0 radical (unpaired) electrons. The highest BCUT2D eigenvalue weighted by atomic mass is 32.2. The van der Waals surface area contributed by atoms with Crippen LogP contribution in [0.3, 0.4) is 0 Å². The summed E-state index contributed by atoms with van der Waals surface area (Å²) in [4.78, 5) is 24.1. The van der Waals surface area contributed by atoms with E-state index in [1.54, 1.807) is 19.1 Å². The summed E-state index contributed by atoms with van der Waals surface area (Å²) >= 11 is 2.28. The molecule has 0 spiro atoms. The van der Waals surface area contributed by atoms with Crippen molar-refractivity contribution in [3.05, 3.63) is 29.3 Å². The number of carbonyl (C=O) groups is 2. The topological polar surface area (TPSA) is 119 Å². The number of ether oxygens (including phenoxy) is 1. The van der Waals surface area contributed by atoms with Gasteiger partial charge >= 0.3 is 5.97 Å². The number of methoxy groups -OCH3 is 1. The maximum atomic E-state index is 13.2. The molecule has 2 heterocycles. The highest BCUT2D eigenvalue weighted by Gasteiger charge is 2.27. The number of aromatic nitrogens is 2. The van der Waals surface area contributed by atoms with Crippen LogP contribution in [0.25, 0.3) is 0 Å². The maximum absolute atomic E-state index is 13.2. The Labute approximate surface area is 189 Å². The Balaban J connectivity index is 1.74. The van der Waals surface area contributed by atoms with Crippen LogP contribution < -0.4 is 5.32 Å². The van der Waals surface area contributed by atoms with Gasteiger partial charge in [0.15, 0.2) is 4.34 Å². The first-order valence-electron chi connectivity index (χ1n) is 9.76. The number of anilines is 1. The number of thioether (sulfide) groups is 1. The molecule has 1 aliphatic heterocycles. The van der Waals surface area contributed by atoms with Crippen molar-refractivity contribution >= 4 is 50.1 Å². The third kappa shape index (κ3) is 6.03. The van der Waals surface area contributed by atoms with E-state index in [4.69, 9.17) is 0 Å². The second-order valence-corrected chi connectivity index (χ2v) is 11.1. The summed E-state index contributed by atoms with van der Waals surface area (Å²) in [5, 5.41) is 10.7. The summed E-state index contributed by atoms with van der Waals surface area (Å²) in [5.74, 6) is -0.772. The number of aryl methyl sites for hydroxylation is 1. The van der Waals surface area contributed by atoms with Gasteiger partial charge in [-0.1, -0.05) is 42.0 Å². The molecule has 31 heavy (non-hydrogen) atoms. The Morgan fingerprint density at radius 2 is 1.90 bits per heavy atom. The Kier molecular flexibility index (Phi) is 8.03. The number of esters is 1. The third-order valence-corrected chi connectivity index (χ3v) is 8.79. The SMILES string of the molecule is COC(=O)CSc1nnc(NC(=O)c2ccc(C)c(S(=O)(=O)N3CCCCCC3)c2)s1. The van der Waals surface area contributed by atoms with E-state index in [1.807, 2.05) is 0 Å². The van der Waals surface area contributed by atoms with Gasteiger partial charge in [-0.2, -0.15) is 4.31 Å². The third-order valence-electron chi connectivity index (χ3n) is 4.80. The number of carbonyl (C=O) groups excluding carboxylic acids is 2. The first kappa shape index (κ1) is 23.6. The van der Waals surface area contributed by atoms with Gasteiger partial charge in [-0.3, -0.25) is 14.9 Å². The van der Waals surface area contributed by atoms with Crippen LogP contribution in [0.1, 0.15) is 41.6 Å². The molecule has 1 amide bonds. The van der Waals surface area contributed by atoms with Gasteiger partial charge in [-0.25, -0.2) is 8.42 Å². The minimum Gasteiger partial charge on any atom is -0.468 e. The van der Waals surface area contributed by atoms with Crippen molar-refractivity contribution in [2.75, 3.05) is 31.3 Å². The van der Waals surface area contributed by atoms with Crippen LogP contribution in [-0.4, -0.2) is 60.7 Å². The van der Waals surface area contributed by atoms with Crippen molar-refractivity contribution in [1.82, 2.24) is 14.5 Å². The lowest BCUT2D eigenvalue weighted by molar-refractivity contribution is -0.137. The smallest absolute Gasteiger partial charge is 0.316 e. The van der Waals surface area contributed by atoms with Crippen LogP contribution in [-0.2, 0) is 19.6 Å².